The summed E-state index contributed by atoms with van der Waals surface area (Å²) in [6, 6.07) is 3.68. The monoisotopic (exact) mass is 374 g/mol. The van der Waals surface area contributed by atoms with Gasteiger partial charge in [-0.1, -0.05) is 12.8 Å². The Morgan fingerprint density at radius 3 is 2.38 bits per heavy atom. The molecule has 2 aliphatic carbocycles. The molecular formula is C21H31ClN4+2. The van der Waals surface area contributed by atoms with Gasteiger partial charge in [-0.05, 0) is 68.5 Å². The van der Waals surface area contributed by atoms with Crippen LogP contribution in [0.15, 0.2) is 0 Å². The Balaban J connectivity index is 1.62. The van der Waals surface area contributed by atoms with E-state index in [2.05, 4.69) is 16.4 Å². The van der Waals surface area contributed by atoms with E-state index < -0.39 is 0 Å². The normalized spacial score (nSPS) is 24.7. The van der Waals surface area contributed by atoms with Crippen molar-refractivity contribution in [3.05, 3.63) is 21.8 Å². The number of fused-ring (bicyclic) bond motifs is 1. The molecule has 0 radical (unpaired) electrons. The van der Waals surface area contributed by atoms with E-state index in [0.717, 1.165) is 31.4 Å². The highest BCUT2D eigenvalue weighted by atomic mass is 35.5. The first-order chi connectivity index (χ1) is 12.8. The van der Waals surface area contributed by atoms with Gasteiger partial charge in [-0.3, -0.25) is 5.32 Å². The van der Waals surface area contributed by atoms with Crippen molar-refractivity contribution < 1.29 is 9.88 Å². The largest absolute Gasteiger partial charge is 0.328 e. The van der Waals surface area contributed by atoms with Crippen LogP contribution in [0.2, 0.25) is 5.15 Å². The van der Waals surface area contributed by atoms with Crippen molar-refractivity contribution in [1.29, 1.82) is 5.26 Å². The van der Waals surface area contributed by atoms with E-state index in [4.69, 9.17) is 11.6 Å². The van der Waals surface area contributed by atoms with Crippen molar-refractivity contribution in [2.75, 3.05) is 11.9 Å². The van der Waals surface area contributed by atoms with Crippen LogP contribution >= 0.6 is 11.6 Å². The van der Waals surface area contributed by atoms with Gasteiger partial charge in [-0.25, -0.2) is 4.98 Å². The van der Waals surface area contributed by atoms with Crippen LogP contribution in [0.5, 0.6) is 0 Å². The van der Waals surface area contributed by atoms with E-state index in [-0.39, 0.29) is 0 Å². The number of nitrogens with one attached hydrogen (secondary N) is 3. The Labute approximate surface area is 161 Å². The van der Waals surface area contributed by atoms with Gasteiger partial charge in [0.05, 0.1) is 24.2 Å². The molecule has 0 saturated heterocycles. The molecule has 4 rings (SSSR count). The Morgan fingerprint density at radius 1 is 1.00 bits per heavy atom. The predicted octanol–water partition coefficient (Wildman–Crippen LogP) is 3.04. The topological polar surface area (TPSA) is 54.4 Å². The van der Waals surface area contributed by atoms with Crippen molar-refractivity contribution >= 4 is 17.4 Å². The SMILES string of the molecule is N#Cc1c(Cl)[nH+]c(NC2CCCCC2)c2c1CC[NH+](C1CCCCC1)C2. The molecule has 140 valence electrons. The molecule has 1 atom stereocenters. The van der Waals surface area contributed by atoms with Gasteiger partial charge in [-0.15, -0.1) is 0 Å². The molecule has 2 fully saturated rings. The second-order valence-corrected chi connectivity index (χ2v) is 8.79. The number of hydrogen-bond donors (Lipinski definition) is 2. The van der Waals surface area contributed by atoms with Crippen LogP contribution in [0, 0.1) is 11.3 Å². The van der Waals surface area contributed by atoms with Gasteiger partial charge < -0.3 is 4.90 Å². The maximum absolute atomic E-state index is 9.62. The van der Waals surface area contributed by atoms with Crippen molar-refractivity contribution in [2.45, 2.75) is 89.3 Å². The molecule has 0 spiro atoms. The van der Waals surface area contributed by atoms with Crippen molar-refractivity contribution in [1.82, 2.24) is 0 Å². The fourth-order valence-electron chi connectivity index (χ4n) is 5.30. The lowest BCUT2D eigenvalue weighted by atomic mass is 9.90. The Bertz CT molecular complexity index is 684. The maximum Gasteiger partial charge on any atom is 0.282 e. The number of nitrogens with zero attached hydrogens (tertiary/aromatic N) is 1. The van der Waals surface area contributed by atoms with Gasteiger partial charge in [0.25, 0.3) is 5.82 Å². The Kier molecular flexibility index (Phi) is 5.66. The van der Waals surface area contributed by atoms with E-state index in [1.165, 1.54) is 75.3 Å². The number of aromatic amines is 1. The number of hydrogen-bond acceptors (Lipinski definition) is 2. The van der Waals surface area contributed by atoms with Crippen molar-refractivity contribution in [2.24, 2.45) is 0 Å². The number of pyridine rings is 1. The van der Waals surface area contributed by atoms with Gasteiger partial charge in [0, 0.05) is 6.42 Å². The number of H-pyrrole nitrogens is 1. The molecule has 5 heteroatoms. The van der Waals surface area contributed by atoms with E-state index in [1.54, 1.807) is 4.90 Å². The Morgan fingerprint density at radius 2 is 1.69 bits per heavy atom. The molecule has 2 saturated carbocycles. The molecule has 0 aromatic carbocycles. The van der Waals surface area contributed by atoms with E-state index in [0.29, 0.717) is 16.8 Å². The maximum atomic E-state index is 9.62. The summed E-state index contributed by atoms with van der Waals surface area (Å²) in [4.78, 5) is 5.06. The number of rotatable bonds is 3. The third-order valence-electron chi connectivity index (χ3n) is 6.77. The molecule has 26 heavy (non-hydrogen) atoms. The van der Waals surface area contributed by atoms with Gasteiger partial charge in [-0.2, -0.15) is 5.26 Å². The molecule has 1 aromatic rings. The zero-order valence-electron chi connectivity index (χ0n) is 15.7. The molecule has 4 nitrogen and oxygen atoms in total. The summed E-state index contributed by atoms with van der Waals surface area (Å²) in [6.07, 6.45) is 14.3. The summed E-state index contributed by atoms with van der Waals surface area (Å²) in [7, 11) is 0. The first kappa shape index (κ1) is 18.1. The standard InChI is InChI=1S/C21H29ClN4/c22-20-18(13-23)17-11-12-26(16-9-5-2-6-10-16)14-19(17)21(25-20)24-15-7-3-1-4-8-15/h15-16H,1-12,14H2,(H,24,25)/p+2. The smallest absolute Gasteiger partial charge is 0.282 e. The number of nitriles is 1. The average Bonchev–Trinajstić information content (AvgIpc) is 2.69. The third kappa shape index (κ3) is 3.70. The minimum absolute atomic E-state index is 0.505. The quantitative estimate of drug-likeness (QED) is 0.799. The highest BCUT2D eigenvalue weighted by molar-refractivity contribution is 6.29. The lowest BCUT2D eigenvalue weighted by Crippen LogP contribution is -3.15. The summed E-state index contributed by atoms with van der Waals surface area (Å²) >= 11 is 6.44. The van der Waals surface area contributed by atoms with E-state index in [1.807, 2.05) is 0 Å². The Hall–Kier alpha value is -1.31. The number of quaternary nitrogens is 1. The molecule has 3 N–H and O–H groups in total. The van der Waals surface area contributed by atoms with Gasteiger partial charge in [0.2, 0.25) is 5.15 Å². The first-order valence-electron chi connectivity index (χ1n) is 10.5. The zero-order valence-corrected chi connectivity index (χ0v) is 16.4. The number of anilines is 1. The van der Waals surface area contributed by atoms with Crippen LogP contribution in [0.25, 0.3) is 0 Å². The van der Waals surface area contributed by atoms with Crippen molar-refractivity contribution in [3.8, 4) is 6.07 Å². The number of aromatic nitrogens is 1. The summed E-state index contributed by atoms with van der Waals surface area (Å²) < 4.78 is 0. The summed E-state index contributed by atoms with van der Waals surface area (Å²) in [5, 5.41) is 13.9. The van der Waals surface area contributed by atoms with Crippen LogP contribution in [-0.4, -0.2) is 18.6 Å². The molecule has 1 aromatic heterocycles. The highest BCUT2D eigenvalue weighted by Gasteiger charge is 2.35. The molecule has 2 heterocycles. The second-order valence-electron chi connectivity index (χ2n) is 8.41. The molecule has 0 amide bonds. The molecule has 1 aliphatic heterocycles. The molecule has 0 bridgehead atoms. The summed E-state index contributed by atoms with van der Waals surface area (Å²) in [5.41, 5.74) is 3.18. The first-order valence-corrected chi connectivity index (χ1v) is 10.9. The van der Waals surface area contributed by atoms with Crippen LogP contribution in [0.3, 0.4) is 0 Å². The van der Waals surface area contributed by atoms with Gasteiger partial charge >= 0.3 is 0 Å². The summed E-state index contributed by atoms with van der Waals surface area (Å²) in [6.45, 7) is 2.16. The molecule has 1 unspecified atom stereocenters. The van der Waals surface area contributed by atoms with Crippen LogP contribution in [-0.2, 0) is 13.0 Å². The van der Waals surface area contributed by atoms with Crippen molar-refractivity contribution in [3.63, 3.8) is 0 Å². The van der Waals surface area contributed by atoms with Crippen LogP contribution < -0.4 is 15.2 Å². The molecule has 3 aliphatic rings. The van der Waals surface area contributed by atoms with E-state index in [9.17, 15) is 5.26 Å². The van der Waals surface area contributed by atoms with Crippen LogP contribution in [0.1, 0.15) is 80.9 Å². The zero-order chi connectivity index (χ0) is 17.9. The van der Waals surface area contributed by atoms with Gasteiger partial charge in [0.1, 0.15) is 18.2 Å². The summed E-state index contributed by atoms with van der Waals surface area (Å²) in [5.74, 6) is 1.09. The fourth-order valence-corrected chi connectivity index (χ4v) is 5.55. The molecular weight excluding hydrogens is 344 g/mol. The second kappa shape index (κ2) is 8.15. The lowest BCUT2D eigenvalue weighted by molar-refractivity contribution is -0.942. The lowest BCUT2D eigenvalue weighted by Gasteiger charge is -2.35. The van der Waals surface area contributed by atoms with Gasteiger partial charge in [0.15, 0.2) is 0 Å². The third-order valence-corrected chi connectivity index (χ3v) is 7.05. The average molecular weight is 375 g/mol. The minimum atomic E-state index is 0.505. The van der Waals surface area contributed by atoms with E-state index >= 15 is 0 Å². The highest BCUT2D eigenvalue weighted by Crippen LogP contribution is 2.28. The fraction of sp³-hybridized carbons (Fsp3) is 0.714. The predicted molar refractivity (Wildman–Crippen MR) is 103 cm³/mol. The minimum Gasteiger partial charge on any atom is -0.328 e. The van der Waals surface area contributed by atoms with Crippen LogP contribution in [0.4, 0.5) is 5.82 Å². The number of halogens is 1.